The Bertz CT molecular complexity index is 156. The van der Waals surface area contributed by atoms with E-state index in [0.717, 1.165) is 0 Å². The lowest BCUT2D eigenvalue weighted by atomic mass is 11.1. The van der Waals surface area contributed by atoms with Gasteiger partial charge in [0.25, 0.3) is 0 Å². The van der Waals surface area contributed by atoms with E-state index >= 15 is 0 Å². The van der Waals surface area contributed by atoms with Crippen molar-refractivity contribution in [3.63, 3.8) is 0 Å². The van der Waals surface area contributed by atoms with E-state index in [1.807, 2.05) is 0 Å². The largest absolute Gasteiger partial charge is 0.290 e. The van der Waals surface area contributed by atoms with Gasteiger partial charge in [0.05, 0.1) is 0 Å². The Balaban J connectivity index is 0.000000110. The van der Waals surface area contributed by atoms with Crippen LogP contribution in [0.3, 0.4) is 0 Å². The zero-order valence-electron chi connectivity index (χ0n) is 3.46. The van der Waals surface area contributed by atoms with Crippen LogP contribution in [-0.2, 0) is 0 Å². The van der Waals surface area contributed by atoms with Gasteiger partial charge in [-0.1, -0.05) is 0 Å². The van der Waals surface area contributed by atoms with Crippen LogP contribution in [0.25, 0.3) is 10.4 Å². The summed E-state index contributed by atoms with van der Waals surface area (Å²) in [4.78, 5) is 11.2. The molecule has 0 saturated heterocycles. The molecule has 36 valence electrons. The summed E-state index contributed by atoms with van der Waals surface area (Å²) in [5, 5.41) is 0. The summed E-state index contributed by atoms with van der Waals surface area (Å²) >= 11 is 0. The van der Waals surface area contributed by atoms with Crippen molar-refractivity contribution in [2.75, 3.05) is 0 Å². The molecular weight excluding hydrogens is 94.1 g/mol. The Morgan fingerprint density at radius 3 is 1.86 bits per heavy atom. The fourth-order valence-corrected chi connectivity index (χ4v) is 0.0340. The van der Waals surface area contributed by atoms with E-state index in [-0.39, 0.29) is 5.43 Å². The van der Waals surface area contributed by atoms with Crippen molar-refractivity contribution in [2.24, 2.45) is 0 Å². The second-order valence-electron chi connectivity index (χ2n) is 0.836. The van der Waals surface area contributed by atoms with Crippen molar-refractivity contribution in [2.45, 2.75) is 0 Å². The van der Waals surface area contributed by atoms with E-state index in [4.69, 9.17) is 11.1 Å². The van der Waals surface area contributed by atoms with Crippen LogP contribution < -0.4 is 5.43 Å². The molecular formula is C3H3N3O. The normalized spacial score (nSPS) is 6.29. The van der Waals surface area contributed by atoms with Gasteiger partial charge in [0, 0.05) is 0 Å². The highest BCUT2D eigenvalue weighted by atomic mass is 16.1. The summed E-state index contributed by atoms with van der Waals surface area (Å²) in [7, 11) is 0. The summed E-state index contributed by atoms with van der Waals surface area (Å²) in [5.74, 6) is 0. The molecule has 7 heavy (non-hydrogen) atoms. The molecule has 1 rings (SSSR count). The summed E-state index contributed by atoms with van der Waals surface area (Å²) in [5.41, 5.74) is 12.4. The van der Waals surface area contributed by atoms with Gasteiger partial charge in [-0.15, -0.1) is 5.53 Å². The van der Waals surface area contributed by atoms with E-state index < -0.39 is 0 Å². The third kappa shape index (κ3) is 11.8. The number of nitrogens with one attached hydrogen (secondary N) is 1. The molecule has 0 unspecified atom stereocenters. The maximum atomic E-state index is 9.44. The quantitative estimate of drug-likeness (QED) is 0.290. The second-order valence-corrected chi connectivity index (χ2v) is 0.836. The summed E-state index contributed by atoms with van der Waals surface area (Å²) in [6, 6.07) is 3.06. The first kappa shape index (κ1) is 5.72. The number of nitrogens with zero attached hydrogens (tertiary/aromatic N) is 2. The Morgan fingerprint density at radius 1 is 1.71 bits per heavy atom. The molecule has 0 aliphatic carbocycles. The van der Waals surface area contributed by atoms with Crippen LogP contribution in [0.4, 0.5) is 0 Å². The highest BCUT2D eigenvalue weighted by molar-refractivity contribution is 5.00. The van der Waals surface area contributed by atoms with E-state index in [2.05, 4.69) is 0 Å². The molecule has 1 aromatic rings. The van der Waals surface area contributed by atoms with Crippen molar-refractivity contribution >= 4 is 0 Å². The molecule has 4 nitrogen and oxygen atoms in total. The lowest BCUT2D eigenvalue weighted by Gasteiger charge is -1.12. The molecule has 4 heteroatoms. The minimum Gasteiger partial charge on any atom is -0.290 e. The predicted molar refractivity (Wildman–Crippen MR) is 24.5 cm³/mol. The topological polar surface area (TPSA) is 77.3 Å². The van der Waals surface area contributed by atoms with Gasteiger partial charge in [0.15, 0.2) is 5.43 Å². The highest BCUT2D eigenvalue weighted by Crippen LogP contribution is 1.61. The van der Waals surface area contributed by atoms with Crippen LogP contribution in [0.2, 0.25) is 0 Å². The van der Waals surface area contributed by atoms with Crippen LogP contribution in [0, 0.1) is 5.53 Å². The number of rotatable bonds is 0. The van der Waals surface area contributed by atoms with Crippen molar-refractivity contribution in [3.05, 3.63) is 32.8 Å². The number of hydrogen-bond acceptors (Lipinski definition) is 2. The van der Waals surface area contributed by atoms with Gasteiger partial charge in [-0.3, -0.25) is 4.79 Å². The Kier molecular flexibility index (Phi) is 2.40. The molecule has 0 heterocycles. The molecule has 0 saturated carbocycles. The molecule has 0 aliphatic heterocycles. The maximum absolute atomic E-state index is 9.44. The van der Waals surface area contributed by atoms with Crippen LogP contribution in [0.15, 0.2) is 16.9 Å². The van der Waals surface area contributed by atoms with Crippen LogP contribution >= 0.6 is 0 Å². The summed E-state index contributed by atoms with van der Waals surface area (Å²) in [6.45, 7) is 0. The third-order valence-electron chi connectivity index (χ3n) is 0.303. The Hall–Kier alpha value is -1.28. The van der Waals surface area contributed by atoms with Gasteiger partial charge in [-0.2, -0.15) is 0 Å². The van der Waals surface area contributed by atoms with Gasteiger partial charge >= 0.3 is 0 Å². The molecule has 0 spiro atoms. The molecule has 0 atom stereocenters. The maximum Gasteiger partial charge on any atom is 0.178 e. The van der Waals surface area contributed by atoms with E-state index in [9.17, 15) is 4.79 Å². The minimum atomic E-state index is 0.167. The van der Waals surface area contributed by atoms with Crippen molar-refractivity contribution in [1.29, 1.82) is 5.53 Å². The summed E-state index contributed by atoms with van der Waals surface area (Å²) in [6.07, 6.45) is 0. The molecule has 0 aromatic heterocycles. The van der Waals surface area contributed by atoms with E-state index in [1.54, 1.807) is 4.91 Å². The van der Waals surface area contributed by atoms with E-state index in [1.165, 1.54) is 12.1 Å². The van der Waals surface area contributed by atoms with Gasteiger partial charge in [-0.25, -0.2) is 0 Å². The van der Waals surface area contributed by atoms with E-state index in [0.29, 0.717) is 0 Å². The average Bonchev–Trinajstić information content (AvgIpc) is 2.25. The monoisotopic (exact) mass is 97.0 g/mol. The fraction of sp³-hybridized carbons (Fsp3) is 0. The molecule has 0 aliphatic rings. The van der Waals surface area contributed by atoms with Crippen molar-refractivity contribution in [3.8, 4) is 0 Å². The van der Waals surface area contributed by atoms with Gasteiger partial charge in [-0.05, 0) is 22.6 Å². The van der Waals surface area contributed by atoms with Crippen molar-refractivity contribution in [1.82, 2.24) is 0 Å². The first-order chi connectivity index (χ1) is 3.31. The molecule has 0 amide bonds. The molecule has 0 fully saturated rings. The standard InChI is InChI=1S/C3H2O.HN3/c4-3-1-2-3;1-3-2/h1-2H;1H. The lowest BCUT2D eigenvalue weighted by molar-refractivity contribution is 1.45. The number of hydrogen-bond donors (Lipinski definition) is 1. The predicted octanol–water partition coefficient (Wildman–Crippen LogP) is 0.798. The zero-order valence-corrected chi connectivity index (χ0v) is 3.46. The second kappa shape index (κ2) is 2.93. The Morgan fingerprint density at radius 2 is 1.86 bits per heavy atom. The third-order valence-corrected chi connectivity index (χ3v) is 0.303. The first-order valence-electron chi connectivity index (χ1n) is 1.54. The Labute approximate surface area is 39.5 Å². The van der Waals surface area contributed by atoms with Crippen LogP contribution in [0.5, 0.6) is 0 Å². The molecule has 1 N–H and O–H groups in total. The molecule has 0 bridgehead atoms. The van der Waals surface area contributed by atoms with Gasteiger partial charge < -0.3 is 0 Å². The van der Waals surface area contributed by atoms with Gasteiger partial charge in [0.1, 0.15) is 0 Å². The first-order valence-corrected chi connectivity index (χ1v) is 1.54. The van der Waals surface area contributed by atoms with Crippen molar-refractivity contribution < 1.29 is 0 Å². The SMILES string of the molecule is O=c1cc1.[N-]=[N+]=N. The zero-order chi connectivity index (χ0) is 5.70. The average molecular weight is 97.1 g/mol. The lowest BCUT2D eigenvalue weighted by Crippen LogP contribution is -1.61. The van der Waals surface area contributed by atoms with Gasteiger partial charge in [0.2, 0.25) is 0 Å². The highest BCUT2D eigenvalue weighted by Gasteiger charge is 1.78. The molecule has 1 aromatic carbocycles. The molecule has 0 radical (unpaired) electrons. The smallest absolute Gasteiger partial charge is 0.178 e. The van der Waals surface area contributed by atoms with Crippen LogP contribution in [-0.4, -0.2) is 0 Å². The fourth-order valence-electron chi connectivity index (χ4n) is 0.0340. The van der Waals surface area contributed by atoms with Crippen LogP contribution in [0.1, 0.15) is 0 Å². The summed E-state index contributed by atoms with van der Waals surface area (Å²) < 4.78 is 0. The minimum absolute atomic E-state index is 0.167.